The van der Waals surface area contributed by atoms with Crippen molar-refractivity contribution in [3.63, 3.8) is 0 Å². The quantitative estimate of drug-likeness (QED) is 0.370. The van der Waals surface area contributed by atoms with Crippen molar-refractivity contribution in [3.05, 3.63) is 41.7 Å². The lowest BCUT2D eigenvalue weighted by molar-refractivity contribution is 0.0162. The second kappa shape index (κ2) is 10.9. The van der Waals surface area contributed by atoms with Gasteiger partial charge in [0, 0.05) is 24.4 Å². The number of rotatable bonds is 6. The van der Waals surface area contributed by atoms with E-state index in [0.717, 1.165) is 19.3 Å². The molecular weight excluding hydrogens is 576 g/mol. The van der Waals surface area contributed by atoms with Crippen LogP contribution in [0.15, 0.2) is 30.6 Å². The van der Waals surface area contributed by atoms with E-state index in [1.165, 1.54) is 17.5 Å². The summed E-state index contributed by atoms with van der Waals surface area (Å²) in [4.78, 5) is 23.5. The average Bonchev–Trinajstić information content (AvgIpc) is 3.61. The lowest BCUT2D eigenvalue weighted by Crippen LogP contribution is -2.46. The van der Waals surface area contributed by atoms with Crippen LogP contribution in [0, 0.1) is 5.92 Å². The van der Waals surface area contributed by atoms with E-state index in [2.05, 4.69) is 43.8 Å². The first-order chi connectivity index (χ1) is 20.3. The van der Waals surface area contributed by atoms with Crippen LogP contribution >= 0.6 is 0 Å². The van der Waals surface area contributed by atoms with Crippen LogP contribution in [-0.2, 0) is 24.6 Å². The number of nitrogens with two attached hydrogens (primary N) is 1. The summed E-state index contributed by atoms with van der Waals surface area (Å²) in [5.41, 5.74) is 2.91. The molecule has 2 aliphatic carbocycles. The highest BCUT2D eigenvalue weighted by Crippen LogP contribution is 2.52. The minimum Gasteiger partial charge on any atom is -0.444 e. The van der Waals surface area contributed by atoms with Gasteiger partial charge in [0.25, 0.3) is 0 Å². The Hall–Kier alpha value is -3.40. The van der Waals surface area contributed by atoms with Gasteiger partial charge in [0.1, 0.15) is 11.9 Å². The Morgan fingerprint density at radius 2 is 1.93 bits per heavy atom. The highest BCUT2D eigenvalue weighted by molar-refractivity contribution is 7.84. The second-order valence-corrected chi connectivity index (χ2v) is 14.1. The van der Waals surface area contributed by atoms with Crippen LogP contribution in [0.5, 0.6) is 0 Å². The number of hydrogen-bond donors (Lipinski definition) is 3. The van der Waals surface area contributed by atoms with Gasteiger partial charge >= 0.3 is 16.4 Å². The number of nitrogens with zero attached hydrogens (tertiary/aromatic N) is 6. The van der Waals surface area contributed by atoms with Crippen molar-refractivity contribution in [1.29, 1.82) is 0 Å². The molecule has 232 valence electrons. The van der Waals surface area contributed by atoms with Gasteiger partial charge in [0.2, 0.25) is 0 Å². The zero-order valence-electron chi connectivity index (χ0n) is 24.5. The number of carbonyl (C=O) groups excluding carboxylic acids is 1. The van der Waals surface area contributed by atoms with E-state index in [1.54, 1.807) is 9.58 Å². The van der Waals surface area contributed by atoms with E-state index < -0.39 is 27.9 Å². The molecule has 3 aromatic rings. The molecule has 1 saturated heterocycles. The van der Waals surface area contributed by atoms with Crippen LogP contribution in [0.2, 0.25) is 0 Å². The number of aliphatic hydroxyl groups excluding tert-OH is 1. The maximum absolute atomic E-state index is 12.7. The molecule has 14 nitrogen and oxygen atoms in total. The summed E-state index contributed by atoms with van der Waals surface area (Å²) < 4.78 is 34.5. The Morgan fingerprint density at radius 3 is 2.65 bits per heavy atom. The number of benzene rings is 1. The summed E-state index contributed by atoms with van der Waals surface area (Å²) in [6.07, 6.45) is 3.70. The van der Waals surface area contributed by atoms with Crippen molar-refractivity contribution in [2.75, 3.05) is 25.0 Å². The van der Waals surface area contributed by atoms with Crippen molar-refractivity contribution in [1.82, 2.24) is 29.9 Å². The molecule has 3 heterocycles. The molecule has 0 unspecified atom stereocenters. The van der Waals surface area contributed by atoms with Gasteiger partial charge in [0.15, 0.2) is 17.0 Å². The van der Waals surface area contributed by atoms with Crippen LogP contribution in [-0.4, -0.2) is 80.9 Å². The number of hydrogen-bond acceptors (Lipinski definition) is 11. The Bertz CT molecular complexity index is 1610. The van der Waals surface area contributed by atoms with E-state index >= 15 is 0 Å². The molecule has 0 radical (unpaired) electrons. The molecule has 15 heteroatoms. The zero-order chi connectivity index (χ0) is 30.6. The smallest absolute Gasteiger partial charge is 0.410 e. The monoisotopic (exact) mass is 614 g/mol. The third kappa shape index (κ3) is 6.03. The molecule has 4 N–H and O–H groups in total. The maximum Gasteiger partial charge on any atom is 0.410 e. The van der Waals surface area contributed by atoms with Crippen molar-refractivity contribution in [2.24, 2.45) is 11.1 Å². The number of amides is 1. The fraction of sp³-hybridized carbons (Fsp3) is 0.607. The predicted octanol–water partition coefficient (Wildman–Crippen LogP) is 2.58. The first kappa shape index (κ1) is 29.7. The van der Waals surface area contributed by atoms with E-state index in [9.17, 15) is 18.3 Å². The molecule has 2 fully saturated rings. The number of likely N-dealkylation sites (tertiary alicyclic amines) is 1. The lowest BCUT2D eigenvalue weighted by atomic mass is 9.73. The lowest BCUT2D eigenvalue weighted by Gasteiger charge is -2.40. The molecule has 1 aromatic carbocycles. The normalized spacial score (nSPS) is 25.3. The van der Waals surface area contributed by atoms with Gasteiger partial charge in [-0.05, 0) is 64.0 Å². The van der Waals surface area contributed by atoms with Crippen LogP contribution in [0.4, 0.5) is 10.6 Å². The molecule has 1 amide bonds. The number of carbonyl (C=O) groups is 1. The van der Waals surface area contributed by atoms with Gasteiger partial charge in [-0.15, -0.1) is 5.10 Å². The summed E-state index contributed by atoms with van der Waals surface area (Å²) in [5, 5.41) is 27.8. The van der Waals surface area contributed by atoms with Crippen molar-refractivity contribution in [2.45, 2.75) is 82.1 Å². The summed E-state index contributed by atoms with van der Waals surface area (Å²) in [6, 6.07) is 8.15. The Labute approximate surface area is 250 Å². The maximum atomic E-state index is 12.7. The third-order valence-corrected chi connectivity index (χ3v) is 9.34. The van der Waals surface area contributed by atoms with E-state index in [0.29, 0.717) is 42.9 Å². The molecule has 1 aliphatic heterocycles. The van der Waals surface area contributed by atoms with Crippen LogP contribution in [0.25, 0.3) is 11.2 Å². The Morgan fingerprint density at radius 1 is 1.19 bits per heavy atom. The number of ether oxygens (including phenoxy) is 1. The van der Waals surface area contributed by atoms with Crippen molar-refractivity contribution < 1.29 is 27.2 Å². The van der Waals surface area contributed by atoms with E-state index in [-0.39, 0.29) is 30.2 Å². The minimum absolute atomic E-state index is 0.0272. The van der Waals surface area contributed by atoms with Crippen LogP contribution in [0.1, 0.15) is 76.1 Å². The summed E-state index contributed by atoms with van der Waals surface area (Å²) >= 11 is 0. The van der Waals surface area contributed by atoms with Gasteiger partial charge in [-0.25, -0.2) is 24.6 Å². The number of fused-ring (bicyclic) bond motifs is 3. The van der Waals surface area contributed by atoms with E-state index in [4.69, 9.17) is 14.1 Å². The SMILES string of the molecule is CC(C)(C)OC(=O)N1CCC2(CC1)C[C@H](Nc1ncnc3c1nnn3[C@@H]1C[C@@H](COS(N)(=O)=O)[C@@H](O)C1)c1ccccc12. The fourth-order valence-electron chi connectivity index (χ4n) is 6.86. The van der Waals surface area contributed by atoms with Crippen molar-refractivity contribution >= 4 is 33.4 Å². The number of anilines is 1. The molecule has 1 saturated carbocycles. The molecule has 43 heavy (non-hydrogen) atoms. The number of aliphatic hydroxyl groups is 1. The zero-order valence-corrected chi connectivity index (χ0v) is 25.3. The predicted molar refractivity (Wildman–Crippen MR) is 156 cm³/mol. The van der Waals surface area contributed by atoms with Crippen LogP contribution < -0.4 is 10.5 Å². The molecule has 2 aromatic heterocycles. The van der Waals surface area contributed by atoms with Crippen molar-refractivity contribution in [3.8, 4) is 0 Å². The summed E-state index contributed by atoms with van der Waals surface area (Å²) in [5.74, 6) is 0.141. The number of aromatic nitrogens is 5. The third-order valence-electron chi connectivity index (χ3n) is 8.87. The van der Waals surface area contributed by atoms with Gasteiger partial charge in [-0.3, -0.25) is 4.18 Å². The Balaban J connectivity index is 1.19. The largest absolute Gasteiger partial charge is 0.444 e. The molecule has 4 atom stereocenters. The van der Waals surface area contributed by atoms with Crippen LogP contribution in [0.3, 0.4) is 0 Å². The van der Waals surface area contributed by atoms with Gasteiger partial charge < -0.3 is 20.1 Å². The molecule has 0 bridgehead atoms. The first-order valence-corrected chi connectivity index (χ1v) is 16.0. The number of nitrogens with one attached hydrogen (secondary N) is 1. The fourth-order valence-corrected chi connectivity index (χ4v) is 7.22. The Kier molecular flexibility index (Phi) is 7.55. The summed E-state index contributed by atoms with van der Waals surface area (Å²) in [7, 11) is -4.10. The van der Waals surface area contributed by atoms with Gasteiger partial charge in [0.05, 0.1) is 24.8 Å². The van der Waals surface area contributed by atoms with E-state index in [1.807, 2.05) is 26.8 Å². The highest BCUT2D eigenvalue weighted by Gasteiger charge is 2.46. The molecule has 3 aliphatic rings. The standard InChI is InChI=1S/C28H38N8O6S/c1-27(2,3)42-26(38)35-10-8-28(9-11-35)14-21(19-6-4-5-7-20(19)28)32-24-23-25(31-16-30-24)36(34-33-23)18-12-17(22(37)13-18)15-41-43(29,39)40/h4-7,16-18,21-22,37H,8-15H2,1-3H3,(H2,29,39,40)(H,30,31,32)/t17-,18+,21-,22-/m0/s1. The minimum atomic E-state index is -4.10. The average molecular weight is 615 g/mol. The molecular formula is C28H38N8O6S. The highest BCUT2D eigenvalue weighted by atomic mass is 32.2. The first-order valence-electron chi connectivity index (χ1n) is 14.6. The van der Waals surface area contributed by atoms with Gasteiger partial charge in [-0.1, -0.05) is 29.5 Å². The molecule has 6 rings (SSSR count). The molecule has 1 spiro atoms. The summed E-state index contributed by atoms with van der Waals surface area (Å²) in [6.45, 7) is 6.68. The van der Waals surface area contributed by atoms with Gasteiger partial charge in [-0.2, -0.15) is 8.42 Å². The topological polar surface area (TPSA) is 188 Å². The number of piperidine rings is 1. The second-order valence-electron chi connectivity index (χ2n) is 12.9.